The minimum atomic E-state index is -1.92. The van der Waals surface area contributed by atoms with Crippen LogP contribution in [0.3, 0.4) is 0 Å². The third-order valence-corrected chi connectivity index (χ3v) is 10.3. The van der Waals surface area contributed by atoms with Gasteiger partial charge in [0, 0.05) is 42.9 Å². The summed E-state index contributed by atoms with van der Waals surface area (Å²) in [4.78, 5) is 128. The maximum Gasteiger partial charge on any atom is 0.326 e. The van der Waals surface area contributed by atoms with E-state index >= 15 is 0 Å². The molecule has 0 radical (unpaired) electrons. The number of carboxylic acid groups (broad SMARTS) is 3. The van der Waals surface area contributed by atoms with Crippen molar-refractivity contribution < 1.29 is 63.3 Å². The summed E-state index contributed by atoms with van der Waals surface area (Å²) in [5.41, 5.74) is 5.66. The Labute approximate surface area is 336 Å². The number of carbonyl (C=O) groups is 10. The van der Waals surface area contributed by atoms with E-state index in [9.17, 15) is 58.2 Å². The fourth-order valence-electron chi connectivity index (χ4n) is 6.53. The highest BCUT2D eigenvalue weighted by molar-refractivity contribution is 8.68. The van der Waals surface area contributed by atoms with Gasteiger partial charge in [-0.3, -0.25) is 43.2 Å². The van der Waals surface area contributed by atoms with Crippen LogP contribution in [0.1, 0.15) is 84.9 Å². The summed E-state index contributed by atoms with van der Waals surface area (Å²) in [6.45, 7) is 0.548. The third kappa shape index (κ3) is 13.9. The molecule has 0 bridgehead atoms. The summed E-state index contributed by atoms with van der Waals surface area (Å²) in [7, 11) is 1.18. The Hall–Kier alpha value is -5.38. The first-order valence-electron chi connectivity index (χ1n) is 18.2. The van der Waals surface area contributed by atoms with Gasteiger partial charge in [0.1, 0.15) is 30.2 Å². The fourth-order valence-corrected chi connectivity index (χ4v) is 7.07. The van der Waals surface area contributed by atoms with Crippen molar-refractivity contribution in [1.82, 2.24) is 31.1 Å². The first-order valence-corrected chi connectivity index (χ1v) is 20.2. The Kier molecular flexibility index (Phi) is 18.1. The van der Waals surface area contributed by atoms with Gasteiger partial charge < -0.3 is 52.1 Å². The van der Waals surface area contributed by atoms with Gasteiger partial charge in [-0.1, -0.05) is 16.9 Å². The monoisotopic (exact) mass is 837 g/mol. The standard InChI is InChI=1S/C35H47N7O13S2/c36-29(48)19-6-3-7-20(16-19)30(49)37-12-2-1-8-21(38-32(51)24-9-4-13-41(24)26(43)11-15-57-56)34(53)42-14-5-10-25(42)33(52)39-22(17-27(44)45)31(50)40-23(35(54)55)18-28(46)47/h3,6-7,16,21-25,56H,1-2,4-5,8-15,17-18H2,(H2,36,48)(H,37,49)(H,38,51)(H,39,52)(H,40,50)(H,44,45)(H,46,47)(H,54,55). The van der Waals surface area contributed by atoms with E-state index in [4.69, 9.17) is 10.8 Å². The number of rotatable bonds is 22. The van der Waals surface area contributed by atoms with Crippen molar-refractivity contribution >= 4 is 81.7 Å². The smallest absolute Gasteiger partial charge is 0.326 e. The zero-order chi connectivity index (χ0) is 42.2. The van der Waals surface area contributed by atoms with E-state index in [0.717, 1.165) is 0 Å². The van der Waals surface area contributed by atoms with Crippen LogP contribution in [0.25, 0.3) is 0 Å². The molecular weight excluding hydrogens is 791 g/mol. The predicted octanol–water partition coefficient (Wildman–Crippen LogP) is -0.876. The van der Waals surface area contributed by atoms with Crippen molar-refractivity contribution in [2.75, 3.05) is 25.4 Å². The number of unbranched alkanes of at least 4 members (excludes halogenated alkanes) is 1. The van der Waals surface area contributed by atoms with E-state index in [2.05, 4.69) is 27.6 Å². The quantitative estimate of drug-likeness (QED) is 0.0390. The lowest BCUT2D eigenvalue weighted by Crippen LogP contribution is -2.58. The fraction of sp³-hybridized carbons (Fsp3) is 0.543. The van der Waals surface area contributed by atoms with Crippen LogP contribution < -0.4 is 27.0 Å². The Morgan fingerprint density at radius 3 is 1.96 bits per heavy atom. The molecule has 312 valence electrons. The first-order chi connectivity index (χ1) is 27.0. The number of hydrogen-bond donors (Lipinski definition) is 9. The number of nitrogens with zero attached hydrogens (tertiary/aromatic N) is 2. The Morgan fingerprint density at radius 1 is 0.789 bits per heavy atom. The lowest BCUT2D eigenvalue weighted by Gasteiger charge is -2.31. The molecule has 1 aromatic rings. The van der Waals surface area contributed by atoms with Crippen molar-refractivity contribution in [1.29, 1.82) is 0 Å². The highest BCUT2D eigenvalue weighted by Crippen LogP contribution is 2.23. The number of aliphatic carboxylic acids is 3. The van der Waals surface area contributed by atoms with Gasteiger partial charge in [0.25, 0.3) is 5.91 Å². The van der Waals surface area contributed by atoms with Crippen LogP contribution in [0.5, 0.6) is 0 Å². The molecule has 0 spiro atoms. The van der Waals surface area contributed by atoms with E-state index in [1.807, 2.05) is 5.32 Å². The summed E-state index contributed by atoms with van der Waals surface area (Å²) in [6.07, 6.45) is 0.129. The molecule has 0 saturated carbocycles. The van der Waals surface area contributed by atoms with Gasteiger partial charge in [-0.15, -0.1) is 11.7 Å². The van der Waals surface area contributed by atoms with E-state index in [1.165, 1.54) is 44.9 Å². The lowest BCUT2D eigenvalue weighted by molar-refractivity contribution is -0.148. The van der Waals surface area contributed by atoms with E-state index in [-0.39, 0.29) is 55.8 Å². The molecule has 0 aliphatic carbocycles. The molecule has 9 N–H and O–H groups in total. The SMILES string of the molecule is NC(=O)c1cccc(C(=O)NCCCCC(NC(=O)C2CCCN2C(=O)CCSS)C(=O)N2CCCC2C(=O)NC(CC(=O)O)C(=O)NC(CC(=O)O)C(=O)O)c1. The summed E-state index contributed by atoms with van der Waals surface area (Å²) in [5.74, 6) is -9.23. The van der Waals surface area contributed by atoms with Gasteiger partial charge in [-0.05, 0) is 63.1 Å². The molecule has 2 saturated heterocycles. The second-order valence-electron chi connectivity index (χ2n) is 13.4. The average Bonchev–Trinajstić information content (AvgIpc) is 3.86. The minimum Gasteiger partial charge on any atom is -0.481 e. The van der Waals surface area contributed by atoms with Crippen molar-refractivity contribution in [2.24, 2.45) is 5.73 Å². The molecule has 2 heterocycles. The molecule has 20 nitrogen and oxygen atoms in total. The number of hydrogen-bond acceptors (Lipinski definition) is 12. The van der Waals surface area contributed by atoms with Crippen molar-refractivity contribution in [3.05, 3.63) is 35.4 Å². The number of amides is 7. The van der Waals surface area contributed by atoms with Gasteiger partial charge in [-0.2, -0.15) is 0 Å². The molecule has 2 fully saturated rings. The molecular formula is C35H47N7O13S2. The Morgan fingerprint density at radius 2 is 1.37 bits per heavy atom. The molecule has 1 aromatic carbocycles. The average molecular weight is 838 g/mol. The van der Waals surface area contributed by atoms with Crippen LogP contribution in [0.4, 0.5) is 0 Å². The summed E-state index contributed by atoms with van der Waals surface area (Å²) in [6, 6.07) is -1.21. The van der Waals surface area contributed by atoms with Crippen LogP contribution in [-0.2, 0) is 38.4 Å². The summed E-state index contributed by atoms with van der Waals surface area (Å²) < 4.78 is 0. The highest BCUT2D eigenvalue weighted by atomic mass is 33.1. The molecule has 57 heavy (non-hydrogen) atoms. The largest absolute Gasteiger partial charge is 0.481 e. The van der Waals surface area contributed by atoms with E-state index < -0.39 is 96.4 Å². The normalized spacial score (nSPS) is 17.8. The highest BCUT2D eigenvalue weighted by Gasteiger charge is 2.41. The van der Waals surface area contributed by atoms with Crippen LogP contribution in [0.15, 0.2) is 24.3 Å². The van der Waals surface area contributed by atoms with Gasteiger partial charge >= 0.3 is 17.9 Å². The molecule has 5 atom stereocenters. The van der Waals surface area contributed by atoms with Crippen molar-refractivity contribution in [3.63, 3.8) is 0 Å². The van der Waals surface area contributed by atoms with E-state index in [1.54, 1.807) is 0 Å². The number of thiol groups is 1. The third-order valence-electron chi connectivity index (χ3n) is 9.36. The Bertz CT molecular complexity index is 1710. The van der Waals surface area contributed by atoms with Crippen LogP contribution in [0, 0.1) is 0 Å². The van der Waals surface area contributed by atoms with Crippen LogP contribution in [-0.4, -0.2) is 140 Å². The Balaban J connectivity index is 1.76. The topological polar surface area (TPSA) is 312 Å². The molecule has 7 amide bonds. The van der Waals surface area contributed by atoms with Crippen molar-refractivity contribution in [2.45, 2.75) is 94.4 Å². The maximum atomic E-state index is 14.2. The minimum absolute atomic E-state index is 0.0452. The van der Waals surface area contributed by atoms with Crippen LogP contribution >= 0.6 is 22.5 Å². The second-order valence-corrected chi connectivity index (χ2v) is 14.9. The van der Waals surface area contributed by atoms with Crippen molar-refractivity contribution in [3.8, 4) is 0 Å². The number of benzene rings is 1. The van der Waals surface area contributed by atoms with Gasteiger partial charge in [0.15, 0.2) is 0 Å². The maximum absolute atomic E-state index is 14.2. The molecule has 0 aromatic heterocycles. The molecule has 2 aliphatic rings. The second kappa shape index (κ2) is 22.4. The number of carboxylic acids is 3. The summed E-state index contributed by atoms with van der Waals surface area (Å²) in [5, 5.41) is 37.4. The van der Waals surface area contributed by atoms with Gasteiger partial charge in [0.2, 0.25) is 35.4 Å². The van der Waals surface area contributed by atoms with Crippen LogP contribution in [0.2, 0.25) is 0 Å². The number of carbonyl (C=O) groups excluding carboxylic acids is 7. The molecule has 22 heteroatoms. The van der Waals surface area contributed by atoms with Gasteiger partial charge in [0.05, 0.1) is 12.8 Å². The zero-order valence-electron chi connectivity index (χ0n) is 30.8. The number of nitrogens with two attached hydrogens (primary N) is 1. The molecule has 3 rings (SSSR count). The number of likely N-dealkylation sites (tertiary alicyclic amines) is 2. The van der Waals surface area contributed by atoms with Gasteiger partial charge in [-0.25, -0.2) is 4.79 Å². The zero-order valence-corrected chi connectivity index (χ0v) is 32.6. The molecule has 5 unspecified atom stereocenters. The number of primary amides is 1. The first kappa shape index (κ1) is 46.0. The summed E-state index contributed by atoms with van der Waals surface area (Å²) >= 11 is 4.06. The molecule has 2 aliphatic heterocycles. The lowest BCUT2D eigenvalue weighted by atomic mass is 10.0. The number of nitrogens with one attached hydrogen (secondary N) is 4. The van der Waals surface area contributed by atoms with E-state index in [0.29, 0.717) is 38.0 Å². The predicted molar refractivity (Wildman–Crippen MR) is 205 cm³/mol.